The maximum atomic E-state index is 9.40. The molecule has 0 aromatic rings. The SMILES string of the molecule is OCC1(CCCC2CCCO2)CCOC1. The summed E-state index contributed by atoms with van der Waals surface area (Å²) in [5.41, 5.74) is 0.0681. The summed E-state index contributed by atoms with van der Waals surface area (Å²) in [6, 6.07) is 0. The highest BCUT2D eigenvalue weighted by atomic mass is 16.5. The number of hydrogen-bond donors (Lipinski definition) is 1. The van der Waals surface area contributed by atoms with Crippen LogP contribution in [0.5, 0.6) is 0 Å². The lowest BCUT2D eigenvalue weighted by molar-refractivity contribution is 0.0708. The van der Waals surface area contributed by atoms with Gasteiger partial charge in [0.05, 0.1) is 19.3 Å². The largest absolute Gasteiger partial charge is 0.396 e. The summed E-state index contributed by atoms with van der Waals surface area (Å²) >= 11 is 0. The van der Waals surface area contributed by atoms with Crippen molar-refractivity contribution >= 4 is 0 Å². The molecule has 88 valence electrons. The molecule has 2 saturated heterocycles. The van der Waals surface area contributed by atoms with E-state index in [9.17, 15) is 5.11 Å². The van der Waals surface area contributed by atoms with Crippen LogP contribution in [0, 0.1) is 5.41 Å². The molecule has 0 aliphatic carbocycles. The van der Waals surface area contributed by atoms with Crippen molar-refractivity contribution < 1.29 is 14.6 Å². The summed E-state index contributed by atoms with van der Waals surface area (Å²) in [5, 5.41) is 9.40. The van der Waals surface area contributed by atoms with Crippen LogP contribution >= 0.6 is 0 Å². The Morgan fingerprint density at radius 3 is 2.87 bits per heavy atom. The molecule has 2 unspecified atom stereocenters. The van der Waals surface area contributed by atoms with Crippen LogP contribution in [-0.4, -0.2) is 37.6 Å². The summed E-state index contributed by atoms with van der Waals surface area (Å²) in [6.45, 7) is 2.78. The van der Waals surface area contributed by atoms with Gasteiger partial charge in [-0.05, 0) is 32.1 Å². The van der Waals surface area contributed by atoms with Gasteiger partial charge in [0.1, 0.15) is 0 Å². The molecule has 0 spiro atoms. The van der Waals surface area contributed by atoms with E-state index >= 15 is 0 Å². The average Bonchev–Trinajstić information content (AvgIpc) is 2.89. The molecule has 0 amide bonds. The van der Waals surface area contributed by atoms with Crippen LogP contribution in [0.1, 0.15) is 38.5 Å². The van der Waals surface area contributed by atoms with Gasteiger partial charge in [0, 0.05) is 18.6 Å². The molecule has 2 atom stereocenters. The summed E-state index contributed by atoms with van der Waals surface area (Å²) in [7, 11) is 0. The Kier molecular flexibility index (Phi) is 4.00. The van der Waals surface area contributed by atoms with Gasteiger partial charge in [0.25, 0.3) is 0 Å². The Labute approximate surface area is 91.8 Å². The lowest BCUT2D eigenvalue weighted by Crippen LogP contribution is -2.26. The normalized spacial score (nSPS) is 36.2. The zero-order chi connectivity index (χ0) is 10.6. The summed E-state index contributed by atoms with van der Waals surface area (Å²) < 4.78 is 11.0. The van der Waals surface area contributed by atoms with Crippen molar-refractivity contribution in [3.05, 3.63) is 0 Å². The fourth-order valence-electron chi connectivity index (χ4n) is 2.63. The van der Waals surface area contributed by atoms with Crippen molar-refractivity contribution in [2.45, 2.75) is 44.6 Å². The Balaban J connectivity index is 1.67. The Morgan fingerprint density at radius 1 is 1.33 bits per heavy atom. The molecule has 2 heterocycles. The van der Waals surface area contributed by atoms with E-state index in [0.717, 1.165) is 45.5 Å². The van der Waals surface area contributed by atoms with E-state index in [4.69, 9.17) is 9.47 Å². The van der Waals surface area contributed by atoms with Crippen LogP contribution in [0.4, 0.5) is 0 Å². The Hall–Kier alpha value is -0.120. The van der Waals surface area contributed by atoms with Gasteiger partial charge < -0.3 is 14.6 Å². The second-order valence-corrected chi connectivity index (χ2v) is 4.99. The van der Waals surface area contributed by atoms with Gasteiger partial charge in [-0.1, -0.05) is 6.42 Å². The molecule has 2 aliphatic heterocycles. The van der Waals surface area contributed by atoms with Crippen LogP contribution in [-0.2, 0) is 9.47 Å². The van der Waals surface area contributed by atoms with Crippen LogP contribution < -0.4 is 0 Å². The first-order valence-corrected chi connectivity index (χ1v) is 6.15. The minimum atomic E-state index is 0.0681. The van der Waals surface area contributed by atoms with Gasteiger partial charge in [-0.2, -0.15) is 0 Å². The topological polar surface area (TPSA) is 38.7 Å². The maximum Gasteiger partial charge on any atom is 0.0576 e. The molecule has 3 nitrogen and oxygen atoms in total. The lowest BCUT2D eigenvalue weighted by atomic mass is 9.82. The number of aliphatic hydroxyl groups excluding tert-OH is 1. The third-order valence-corrected chi connectivity index (χ3v) is 3.78. The van der Waals surface area contributed by atoms with E-state index in [1.54, 1.807) is 0 Å². The van der Waals surface area contributed by atoms with Crippen molar-refractivity contribution in [1.82, 2.24) is 0 Å². The van der Waals surface area contributed by atoms with Gasteiger partial charge >= 0.3 is 0 Å². The average molecular weight is 214 g/mol. The smallest absolute Gasteiger partial charge is 0.0576 e. The van der Waals surface area contributed by atoms with E-state index in [0.29, 0.717) is 6.10 Å². The van der Waals surface area contributed by atoms with Gasteiger partial charge in [-0.3, -0.25) is 0 Å². The van der Waals surface area contributed by atoms with Gasteiger partial charge in [0.15, 0.2) is 0 Å². The third-order valence-electron chi connectivity index (χ3n) is 3.78. The van der Waals surface area contributed by atoms with Gasteiger partial charge in [0.2, 0.25) is 0 Å². The Bertz CT molecular complexity index is 181. The first-order valence-electron chi connectivity index (χ1n) is 6.15. The van der Waals surface area contributed by atoms with Crippen LogP contribution in [0.3, 0.4) is 0 Å². The monoisotopic (exact) mass is 214 g/mol. The minimum Gasteiger partial charge on any atom is -0.396 e. The standard InChI is InChI=1S/C12H22O3/c13-9-12(6-8-14-10-12)5-1-3-11-4-2-7-15-11/h11,13H,1-10H2. The molecule has 0 aromatic carbocycles. The fraction of sp³-hybridized carbons (Fsp3) is 1.00. The fourth-order valence-corrected chi connectivity index (χ4v) is 2.63. The van der Waals surface area contributed by atoms with Gasteiger partial charge in [-0.25, -0.2) is 0 Å². The van der Waals surface area contributed by atoms with Crippen molar-refractivity contribution in [2.75, 3.05) is 26.4 Å². The molecule has 3 heteroatoms. The van der Waals surface area contributed by atoms with Crippen molar-refractivity contribution in [1.29, 1.82) is 0 Å². The third kappa shape index (κ3) is 2.92. The highest BCUT2D eigenvalue weighted by molar-refractivity contribution is 4.83. The van der Waals surface area contributed by atoms with E-state index in [1.165, 1.54) is 12.8 Å². The second kappa shape index (κ2) is 5.28. The summed E-state index contributed by atoms with van der Waals surface area (Å²) in [6.07, 6.45) is 7.36. The second-order valence-electron chi connectivity index (χ2n) is 4.99. The quantitative estimate of drug-likeness (QED) is 0.757. The van der Waals surface area contributed by atoms with Crippen molar-refractivity contribution in [3.8, 4) is 0 Å². The highest BCUT2D eigenvalue weighted by Gasteiger charge is 2.33. The molecule has 1 N–H and O–H groups in total. The predicted molar refractivity (Wildman–Crippen MR) is 57.8 cm³/mol. The predicted octanol–water partition coefficient (Wildman–Crippen LogP) is 1.73. The van der Waals surface area contributed by atoms with Crippen molar-refractivity contribution in [3.63, 3.8) is 0 Å². The zero-order valence-corrected chi connectivity index (χ0v) is 9.41. The highest BCUT2D eigenvalue weighted by Crippen LogP contribution is 2.34. The molecule has 0 saturated carbocycles. The summed E-state index contributed by atoms with van der Waals surface area (Å²) in [5.74, 6) is 0. The molecular formula is C12H22O3. The zero-order valence-electron chi connectivity index (χ0n) is 9.41. The van der Waals surface area contributed by atoms with Crippen molar-refractivity contribution in [2.24, 2.45) is 5.41 Å². The minimum absolute atomic E-state index is 0.0681. The number of hydrogen-bond acceptors (Lipinski definition) is 3. The molecule has 15 heavy (non-hydrogen) atoms. The van der Waals surface area contributed by atoms with Crippen LogP contribution in [0.2, 0.25) is 0 Å². The van der Waals surface area contributed by atoms with Gasteiger partial charge in [-0.15, -0.1) is 0 Å². The number of rotatable bonds is 5. The Morgan fingerprint density at radius 2 is 2.27 bits per heavy atom. The summed E-state index contributed by atoms with van der Waals surface area (Å²) in [4.78, 5) is 0. The number of aliphatic hydroxyl groups is 1. The van der Waals surface area contributed by atoms with E-state index in [1.807, 2.05) is 0 Å². The molecular weight excluding hydrogens is 192 g/mol. The maximum absolute atomic E-state index is 9.40. The number of ether oxygens (including phenoxy) is 2. The molecule has 0 bridgehead atoms. The first kappa shape index (κ1) is 11.4. The molecule has 2 fully saturated rings. The molecule has 2 rings (SSSR count). The van der Waals surface area contributed by atoms with E-state index < -0.39 is 0 Å². The van der Waals surface area contributed by atoms with E-state index in [-0.39, 0.29) is 12.0 Å². The van der Waals surface area contributed by atoms with E-state index in [2.05, 4.69) is 0 Å². The molecule has 0 aromatic heterocycles. The lowest BCUT2D eigenvalue weighted by Gasteiger charge is -2.24. The molecule has 2 aliphatic rings. The van der Waals surface area contributed by atoms with Crippen LogP contribution in [0.25, 0.3) is 0 Å². The van der Waals surface area contributed by atoms with Crippen LogP contribution in [0.15, 0.2) is 0 Å². The molecule has 0 radical (unpaired) electrons. The first-order chi connectivity index (χ1) is 7.35.